The van der Waals surface area contributed by atoms with Crippen molar-refractivity contribution in [3.05, 3.63) is 34.9 Å². The van der Waals surface area contributed by atoms with Crippen LogP contribution in [0.15, 0.2) is 18.2 Å². The molecule has 2 rings (SSSR count). The first-order chi connectivity index (χ1) is 9.52. The Labute approximate surface area is 121 Å². The van der Waals surface area contributed by atoms with Crippen molar-refractivity contribution in [3.63, 3.8) is 0 Å². The molecule has 0 spiro atoms. The van der Waals surface area contributed by atoms with Crippen LogP contribution >= 0.6 is 0 Å². The van der Waals surface area contributed by atoms with Crippen molar-refractivity contribution in [2.45, 2.75) is 38.6 Å². The summed E-state index contributed by atoms with van der Waals surface area (Å²) in [5.74, 6) is 0. The number of hydrogen-bond donors (Lipinski definition) is 1. The highest BCUT2D eigenvalue weighted by molar-refractivity contribution is 5.30. The monoisotopic (exact) mass is 279 g/mol. The van der Waals surface area contributed by atoms with E-state index in [2.05, 4.69) is 36.9 Å². The second-order valence-corrected chi connectivity index (χ2v) is 5.71. The van der Waals surface area contributed by atoms with Crippen LogP contribution in [0.4, 0.5) is 0 Å². The third kappa shape index (κ3) is 3.38. The lowest BCUT2D eigenvalue weighted by molar-refractivity contribution is -0.142. The molecule has 3 atom stereocenters. The minimum Gasteiger partial charge on any atom is -0.389 e. The molecular weight excluding hydrogens is 254 g/mol. The predicted molar refractivity (Wildman–Crippen MR) is 78.8 cm³/mol. The van der Waals surface area contributed by atoms with E-state index in [9.17, 15) is 5.11 Å². The number of aliphatic hydroxyl groups is 1. The molecule has 0 saturated carbocycles. The summed E-state index contributed by atoms with van der Waals surface area (Å²) in [6, 6.07) is 6.44. The van der Waals surface area contributed by atoms with Gasteiger partial charge in [0.15, 0.2) is 0 Å². The van der Waals surface area contributed by atoms with Crippen LogP contribution in [0.25, 0.3) is 0 Å². The normalized spacial score (nSPS) is 27.0. The smallest absolute Gasteiger partial charge is 0.108 e. The van der Waals surface area contributed by atoms with Crippen molar-refractivity contribution in [1.29, 1.82) is 0 Å². The molecule has 1 fully saturated rings. The van der Waals surface area contributed by atoms with Gasteiger partial charge in [0.2, 0.25) is 0 Å². The van der Waals surface area contributed by atoms with Crippen molar-refractivity contribution in [2.24, 2.45) is 0 Å². The SMILES string of the molecule is CO[C@@H]1COC[C@@H](N(C)Cc2cc(C)ccc2C)[C@@H]1O. The van der Waals surface area contributed by atoms with E-state index in [4.69, 9.17) is 9.47 Å². The highest BCUT2D eigenvalue weighted by Crippen LogP contribution is 2.19. The summed E-state index contributed by atoms with van der Waals surface area (Å²) in [6.45, 7) is 6.03. The molecule has 1 N–H and O–H groups in total. The van der Waals surface area contributed by atoms with Crippen LogP contribution in [-0.4, -0.2) is 55.6 Å². The summed E-state index contributed by atoms with van der Waals surface area (Å²) in [5.41, 5.74) is 3.82. The summed E-state index contributed by atoms with van der Waals surface area (Å²) in [4.78, 5) is 2.15. The fourth-order valence-corrected chi connectivity index (χ4v) is 2.70. The molecule has 0 radical (unpaired) electrons. The van der Waals surface area contributed by atoms with E-state index in [1.165, 1.54) is 16.7 Å². The molecular formula is C16H25NO3. The average molecular weight is 279 g/mol. The van der Waals surface area contributed by atoms with Crippen LogP contribution in [0.5, 0.6) is 0 Å². The lowest BCUT2D eigenvalue weighted by Gasteiger charge is -2.39. The van der Waals surface area contributed by atoms with E-state index < -0.39 is 6.10 Å². The van der Waals surface area contributed by atoms with Gasteiger partial charge in [-0.05, 0) is 32.0 Å². The minimum absolute atomic E-state index is 0.0337. The first-order valence-corrected chi connectivity index (χ1v) is 7.08. The molecule has 1 aliphatic rings. The zero-order valence-electron chi connectivity index (χ0n) is 12.8. The van der Waals surface area contributed by atoms with Gasteiger partial charge in [-0.25, -0.2) is 0 Å². The van der Waals surface area contributed by atoms with Crippen molar-refractivity contribution >= 4 is 0 Å². The molecule has 0 aromatic heterocycles. The number of likely N-dealkylation sites (N-methyl/N-ethyl adjacent to an activating group) is 1. The number of hydrogen-bond acceptors (Lipinski definition) is 4. The number of benzene rings is 1. The maximum absolute atomic E-state index is 10.4. The van der Waals surface area contributed by atoms with Crippen molar-refractivity contribution < 1.29 is 14.6 Å². The molecule has 20 heavy (non-hydrogen) atoms. The third-order valence-corrected chi connectivity index (χ3v) is 4.14. The van der Waals surface area contributed by atoms with Crippen molar-refractivity contribution in [2.75, 3.05) is 27.4 Å². The van der Waals surface area contributed by atoms with Gasteiger partial charge in [0.1, 0.15) is 12.2 Å². The quantitative estimate of drug-likeness (QED) is 0.907. The van der Waals surface area contributed by atoms with Gasteiger partial charge in [0.05, 0.1) is 19.3 Å². The molecule has 4 nitrogen and oxygen atoms in total. The van der Waals surface area contributed by atoms with Crippen LogP contribution in [-0.2, 0) is 16.0 Å². The first-order valence-electron chi connectivity index (χ1n) is 7.08. The zero-order valence-corrected chi connectivity index (χ0v) is 12.8. The van der Waals surface area contributed by atoms with Gasteiger partial charge in [-0.2, -0.15) is 0 Å². The van der Waals surface area contributed by atoms with E-state index in [-0.39, 0.29) is 12.1 Å². The summed E-state index contributed by atoms with van der Waals surface area (Å²) in [7, 11) is 3.64. The highest BCUT2D eigenvalue weighted by Gasteiger charge is 2.35. The fourth-order valence-electron chi connectivity index (χ4n) is 2.70. The third-order valence-electron chi connectivity index (χ3n) is 4.14. The van der Waals surface area contributed by atoms with Crippen LogP contribution in [0, 0.1) is 13.8 Å². The lowest BCUT2D eigenvalue weighted by Crippen LogP contribution is -2.55. The average Bonchev–Trinajstić information content (AvgIpc) is 2.43. The number of methoxy groups -OCH3 is 1. The Morgan fingerprint density at radius 1 is 1.35 bits per heavy atom. The summed E-state index contributed by atoms with van der Waals surface area (Å²) in [6.07, 6.45) is -0.751. The zero-order chi connectivity index (χ0) is 14.7. The first kappa shape index (κ1) is 15.4. The molecule has 1 saturated heterocycles. The molecule has 1 aromatic rings. The van der Waals surface area contributed by atoms with E-state index in [1.807, 2.05) is 7.05 Å². The Bertz CT molecular complexity index is 449. The van der Waals surface area contributed by atoms with Gasteiger partial charge in [0.25, 0.3) is 0 Å². The highest BCUT2D eigenvalue weighted by atomic mass is 16.5. The number of nitrogens with zero attached hydrogens (tertiary/aromatic N) is 1. The van der Waals surface area contributed by atoms with Crippen LogP contribution in [0.1, 0.15) is 16.7 Å². The van der Waals surface area contributed by atoms with Crippen molar-refractivity contribution in [1.82, 2.24) is 4.90 Å². The van der Waals surface area contributed by atoms with Crippen LogP contribution in [0.3, 0.4) is 0 Å². The van der Waals surface area contributed by atoms with Gasteiger partial charge in [-0.3, -0.25) is 4.90 Å². The maximum Gasteiger partial charge on any atom is 0.108 e. The Balaban J connectivity index is 2.07. The molecule has 0 unspecified atom stereocenters. The largest absolute Gasteiger partial charge is 0.389 e. The van der Waals surface area contributed by atoms with Gasteiger partial charge >= 0.3 is 0 Å². The molecule has 112 valence electrons. The number of rotatable bonds is 4. The topological polar surface area (TPSA) is 41.9 Å². The number of aryl methyl sites for hydroxylation is 2. The predicted octanol–water partition coefficient (Wildman–Crippen LogP) is 1.51. The molecule has 4 heteroatoms. The molecule has 1 aliphatic heterocycles. The van der Waals surface area contributed by atoms with E-state index in [1.54, 1.807) is 7.11 Å². The van der Waals surface area contributed by atoms with Crippen LogP contribution < -0.4 is 0 Å². The van der Waals surface area contributed by atoms with E-state index >= 15 is 0 Å². The molecule has 1 heterocycles. The maximum atomic E-state index is 10.4. The second kappa shape index (κ2) is 6.68. The van der Waals surface area contributed by atoms with Crippen molar-refractivity contribution in [3.8, 4) is 0 Å². The molecule has 0 aliphatic carbocycles. The van der Waals surface area contributed by atoms with E-state index in [0.29, 0.717) is 13.2 Å². The molecule has 0 amide bonds. The molecule has 1 aromatic carbocycles. The Morgan fingerprint density at radius 3 is 2.80 bits per heavy atom. The van der Waals surface area contributed by atoms with E-state index in [0.717, 1.165) is 6.54 Å². The van der Waals surface area contributed by atoms with Crippen LogP contribution in [0.2, 0.25) is 0 Å². The molecule has 0 bridgehead atoms. The Hall–Kier alpha value is -0.940. The van der Waals surface area contributed by atoms with Gasteiger partial charge in [-0.1, -0.05) is 23.8 Å². The summed E-state index contributed by atoms with van der Waals surface area (Å²) < 4.78 is 10.8. The summed E-state index contributed by atoms with van der Waals surface area (Å²) in [5, 5.41) is 10.4. The van der Waals surface area contributed by atoms with Gasteiger partial charge in [0, 0.05) is 13.7 Å². The Morgan fingerprint density at radius 2 is 2.10 bits per heavy atom. The Kier molecular flexibility index (Phi) is 5.16. The number of aliphatic hydroxyl groups excluding tert-OH is 1. The lowest BCUT2D eigenvalue weighted by atomic mass is 10.0. The fraction of sp³-hybridized carbons (Fsp3) is 0.625. The minimum atomic E-state index is -0.510. The summed E-state index contributed by atoms with van der Waals surface area (Å²) >= 11 is 0. The van der Waals surface area contributed by atoms with Gasteiger partial charge in [-0.15, -0.1) is 0 Å². The standard InChI is InChI=1S/C16H25NO3/c1-11-5-6-12(2)13(7-11)8-17(3)14-9-20-10-15(19-4)16(14)18/h5-7,14-16,18H,8-10H2,1-4H3/t14-,15-,16+/m1/s1. The van der Waals surface area contributed by atoms with Gasteiger partial charge < -0.3 is 14.6 Å². The second-order valence-electron chi connectivity index (χ2n) is 5.71. The number of ether oxygens (including phenoxy) is 2.